The van der Waals surface area contributed by atoms with E-state index in [1.54, 1.807) is 36.2 Å². The van der Waals surface area contributed by atoms with Crippen LogP contribution in [0.4, 0.5) is 10.5 Å². The van der Waals surface area contributed by atoms with E-state index in [4.69, 9.17) is 0 Å². The minimum Gasteiger partial charge on any atom is -0.508 e. The van der Waals surface area contributed by atoms with Crippen LogP contribution in [-0.2, 0) is 4.79 Å². The summed E-state index contributed by atoms with van der Waals surface area (Å²) in [5, 5.41) is 21.8. The van der Waals surface area contributed by atoms with Crippen LogP contribution >= 0.6 is 0 Å². The van der Waals surface area contributed by atoms with Crippen molar-refractivity contribution in [3.8, 4) is 11.5 Å². The van der Waals surface area contributed by atoms with Gasteiger partial charge in [-0.3, -0.25) is 9.69 Å². The summed E-state index contributed by atoms with van der Waals surface area (Å²) in [5.41, 5.74) is 2.51. The molecule has 0 bridgehead atoms. The highest BCUT2D eigenvalue weighted by molar-refractivity contribution is 6.11. The number of phenols is 2. The lowest BCUT2D eigenvalue weighted by Crippen LogP contribution is -2.45. The number of amides is 3. The fourth-order valence-electron chi connectivity index (χ4n) is 3.33. The molecular weight excluding hydrogens is 334 g/mol. The second kappa shape index (κ2) is 5.80. The Labute approximate surface area is 149 Å². The summed E-state index contributed by atoms with van der Waals surface area (Å²) in [7, 11) is 1.63. The molecule has 0 saturated carbocycles. The lowest BCUT2D eigenvalue weighted by molar-refractivity contribution is -0.114. The first-order chi connectivity index (χ1) is 12.5. The predicted octanol–water partition coefficient (Wildman–Crippen LogP) is 2.09. The van der Waals surface area contributed by atoms with E-state index in [9.17, 15) is 19.8 Å². The van der Waals surface area contributed by atoms with Crippen molar-refractivity contribution >= 4 is 17.6 Å². The Hall–Kier alpha value is -3.48. The summed E-state index contributed by atoms with van der Waals surface area (Å²) in [4.78, 5) is 28.5. The number of hydrogen-bond acceptors (Lipinski definition) is 4. The lowest BCUT2D eigenvalue weighted by Gasteiger charge is -2.31. The molecule has 2 aromatic rings. The van der Waals surface area contributed by atoms with Crippen LogP contribution in [0.2, 0.25) is 0 Å². The third kappa shape index (κ3) is 2.45. The molecule has 2 aliphatic rings. The van der Waals surface area contributed by atoms with Crippen LogP contribution in [-0.4, -0.2) is 40.6 Å². The number of carbonyl (C=O) groups excluding carboxylic acids is 2. The third-order valence-corrected chi connectivity index (χ3v) is 4.75. The topological polar surface area (TPSA) is 93.1 Å². The predicted molar refractivity (Wildman–Crippen MR) is 94.6 cm³/mol. The van der Waals surface area contributed by atoms with Crippen LogP contribution in [0.1, 0.15) is 11.6 Å². The average molecular weight is 351 g/mol. The summed E-state index contributed by atoms with van der Waals surface area (Å²) in [6, 6.07) is 11.9. The highest BCUT2D eigenvalue weighted by atomic mass is 16.3. The van der Waals surface area contributed by atoms with E-state index >= 15 is 0 Å². The molecule has 2 aromatic carbocycles. The molecule has 0 spiro atoms. The summed E-state index contributed by atoms with van der Waals surface area (Å²) in [5.74, 6) is 0.0374. The second-order valence-corrected chi connectivity index (χ2v) is 6.30. The van der Waals surface area contributed by atoms with E-state index in [0.29, 0.717) is 17.0 Å². The molecule has 4 rings (SSSR count). The highest BCUT2D eigenvalue weighted by Gasteiger charge is 2.43. The number of carbonyl (C=O) groups is 2. The minimum absolute atomic E-state index is 0.116. The van der Waals surface area contributed by atoms with Gasteiger partial charge in [0.2, 0.25) is 0 Å². The van der Waals surface area contributed by atoms with Crippen LogP contribution in [0.15, 0.2) is 59.8 Å². The van der Waals surface area contributed by atoms with Crippen molar-refractivity contribution < 1.29 is 19.8 Å². The van der Waals surface area contributed by atoms with Crippen molar-refractivity contribution in [3.63, 3.8) is 0 Å². The summed E-state index contributed by atoms with van der Waals surface area (Å²) in [6.45, 7) is 0.275. The molecule has 132 valence electrons. The minimum atomic E-state index is -0.580. The summed E-state index contributed by atoms with van der Waals surface area (Å²) in [6.07, 6.45) is 0. The number of likely N-dealkylation sites (N-methyl/N-ethyl adjacent to an activating group) is 1. The van der Waals surface area contributed by atoms with E-state index < -0.39 is 6.04 Å². The lowest BCUT2D eigenvalue weighted by atomic mass is 9.95. The van der Waals surface area contributed by atoms with Gasteiger partial charge in [0.1, 0.15) is 11.5 Å². The van der Waals surface area contributed by atoms with Crippen LogP contribution in [0.25, 0.3) is 0 Å². The van der Waals surface area contributed by atoms with Crippen LogP contribution in [0, 0.1) is 0 Å². The maximum atomic E-state index is 13.1. The fraction of sp³-hybridized carbons (Fsp3) is 0.158. The van der Waals surface area contributed by atoms with Crippen LogP contribution in [0.3, 0.4) is 0 Å². The molecule has 1 atom stereocenters. The van der Waals surface area contributed by atoms with E-state index in [1.807, 2.05) is 0 Å². The Morgan fingerprint density at radius 3 is 2.15 bits per heavy atom. The fourth-order valence-corrected chi connectivity index (χ4v) is 3.33. The molecule has 0 saturated heterocycles. The number of benzene rings is 2. The highest BCUT2D eigenvalue weighted by Crippen LogP contribution is 2.38. The first-order valence-corrected chi connectivity index (χ1v) is 8.13. The van der Waals surface area contributed by atoms with Gasteiger partial charge in [-0.2, -0.15) is 0 Å². The molecule has 0 aromatic heterocycles. The zero-order chi connectivity index (χ0) is 18.4. The van der Waals surface area contributed by atoms with Gasteiger partial charge in [-0.1, -0.05) is 12.1 Å². The van der Waals surface area contributed by atoms with Gasteiger partial charge in [0.25, 0.3) is 5.91 Å². The van der Waals surface area contributed by atoms with Gasteiger partial charge in [0, 0.05) is 12.7 Å². The van der Waals surface area contributed by atoms with Gasteiger partial charge in [-0.25, -0.2) is 4.79 Å². The second-order valence-electron chi connectivity index (χ2n) is 6.30. The van der Waals surface area contributed by atoms with Crippen molar-refractivity contribution in [1.82, 2.24) is 10.2 Å². The molecule has 2 heterocycles. The number of aromatic hydroxyl groups is 2. The van der Waals surface area contributed by atoms with Gasteiger partial charge in [-0.15, -0.1) is 0 Å². The van der Waals surface area contributed by atoms with Gasteiger partial charge < -0.3 is 20.4 Å². The molecule has 7 heteroatoms. The Kier molecular flexibility index (Phi) is 3.57. The molecular formula is C19H17N3O4. The first kappa shape index (κ1) is 16.0. The van der Waals surface area contributed by atoms with E-state index in [1.165, 1.54) is 29.2 Å². The summed E-state index contributed by atoms with van der Waals surface area (Å²) >= 11 is 0. The van der Waals surface area contributed by atoms with Gasteiger partial charge in [0.15, 0.2) is 0 Å². The number of nitrogens with one attached hydrogen (secondary N) is 1. The van der Waals surface area contributed by atoms with E-state index in [0.717, 1.165) is 5.56 Å². The van der Waals surface area contributed by atoms with Gasteiger partial charge in [0.05, 0.1) is 23.9 Å². The van der Waals surface area contributed by atoms with Crippen LogP contribution in [0.5, 0.6) is 11.5 Å². The Bertz CT molecular complexity index is 919. The number of anilines is 1. The number of phenolic OH excluding ortho intramolecular Hbond substituents is 2. The molecule has 2 aliphatic heterocycles. The number of urea groups is 1. The van der Waals surface area contributed by atoms with E-state index in [2.05, 4.69) is 5.32 Å². The molecule has 0 unspecified atom stereocenters. The first-order valence-electron chi connectivity index (χ1n) is 8.13. The Morgan fingerprint density at radius 1 is 0.962 bits per heavy atom. The van der Waals surface area contributed by atoms with Crippen molar-refractivity contribution in [2.24, 2.45) is 0 Å². The maximum Gasteiger partial charge on any atom is 0.322 e. The standard InChI is InChI=1S/C19H17N3O4/c1-21-15-10-22(12-4-8-14(24)9-5-12)18(25)16(15)17(20-19(21)26)11-2-6-13(23)7-3-11/h2-9,17,23-24H,10H2,1H3,(H,20,26)/t17-/m0/s1. The zero-order valence-electron chi connectivity index (χ0n) is 14.0. The molecule has 3 N–H and O–H groups in total. The maximum absolute atomic E-state index is 13.1. The third-order valence-electron chi connectivity index (χ3n) is 4.75. The average Bonchev–Trinajstić information content (AvgIpc) is 2.97. The molecule has 26 heavy (non-hydrogen) atoms. The zero-order valence-corrected chi connectivity index (χ0v) is 14.0. The largest absolute Gasteiger partial charge is 0.508 e. The molecule has 0 aliphatic carbocycles. The number of hydrogen-bond donors (Lipinski definition) is 3. The molecule has 3 amide bonds. The number of nitrogens with zero attached hydrogens (tertiary/aromatic N) is 2. The van der Waals surface area contributed by atoms with Crippen LogP contribution < -0.4 is 10.2 Å². The molecule has 0 radical (unpaired) electrons. The smallest absolute Gasteiger partial charge is 0.322 e. The molecule has 0 fully saturated rings. The normalized spacial score (nSPS) is 19.7. The molecule has 7 nitrogen and oxygen atoms in total. The Balaban J connectivity index is 1.75. The van der Waals surface area contributed by atoms with Crippen molar-refractivity contribution in [1.29, 1.82) is 0 Å². The van der Waals surface area contributed by atoms with E-state index in [-0.39, 0.29) is 30.0 Å². The van der Waals surface area contributed by atoms with Gasteiger partial charge in [-0.05, 0) is 42.0 Å². The SMILES string of the molecule is CN1C(=O)N[C@@H](c2ccc(O)cc2)C2=C1CN(c1ccc(O)cc1)C2=O. The van der Waals surface area contributed by atoms with Gasteiger partial charge >= 0.3 is 6.03 Å². The Morgan fingerprint density at radius 2 is 1.54 bits per heavy atom. The quantitative estimate of drug-likeness (QED) is 0.772. The van der Waals surface area contributed by atoms with Crippen molar-refractivity contribution in [3.05, 3.63) is 65.4 Å². The number of rotatable bonds is 2. The van der Waals surface area contributed by atoms with Crippen molar-refractivity contribution in [2.75, 3.05) is 18.5 Å². The monoisotopic (exact) mass is 351 g/mol. The summed E-state index contributed by atoms with van der Waals surface area (Å²) < 4.78 is 0. The van der Waals surface area contributed by atoms with Crippen molar-refractivity contribution in [2.45, 2.75) is 6.04 Å².